The van der Waals surface area contributed by atoms with E-state index in [1.807, 2.05) is 0 Å². The van der Waals surface area contributed by atoms with Gasteiger partial charge in [-0.1, -0.05) is 13.8 Å². The van der Waals surface area contributed by atoms with E-state index in [1.165, 1.54) is 11.3 Å². The lowest BCUT2D eigenvalue weighted by Gasteiger charge is -2.05. The molecule has 0 aliphatic rings. The number of nitrogens with one attached hydrogen (secondary N) is 1. The number of thiazole rings is 1. The van der Waals surface area contributed by atoms with Crippen LogP contribution in [0.2, 0.25) is 0 Å². The Labute approximate surface area is 99.7 Å². The Morgan fingerprint density at radius 2 is 2.25 bits per heavy atom. The molecular formula is C11H18N2O2S. The van der Waals surface area contributed by atoms with E-state index in [0.29, 0.717) is 16.5 Å². The highest BCUT2D eigenvalue weighted by atomic mass is 32.1. The van der Waals surface area contributed by atoms with Gasteiger partial charge in [-0.15, -0.1) is 11.3 Å². The third-order valence-electron chi connectivity index (χ3n) is 2.10. The van der Waals surface area contributed by atoms with Gasteiger partial charge in [0, 0.05) is 13.0 Å². The summed E-state index contributed by atoms with van der Waals surface area (Å²) in [7, 11) is 0. The zero-order chi connectivity index (χ0) is 12.1. The number of aromatic carboxylic acids is 1. The number of aromatic nitrogens is 1. The van der Waals surface area contributed by atoms with E-state index in [1.54, 1.807) is 6.92 Å². The van der Waals surface area contributed by atoms with Crippen LogP contribution in [-0.4, -0.2) is 29.1 Å². The van der Waals surface area contributed by atoms with E-state index in [9.17, 15) is 4.79 Å². The third kappa shape index (κ3) is 3.90. The maximum Gasteiger partial charge on any atom is 0.347 e. The summed E-state index contributed by atoms with van der Waals surface area (Å²) in [5.41, 5.74) is 0.622. The summed E-state index contributed by atoms with van der Waals surface area (Å²) >= 11 is 1.28. The zero-order valence-electron chi connectivity index (χ0n) is 9.91. The summed E-state index contributed by atoms with van der Waals surface area (Å²) in [6, 6.07) is 0. The highest BCUT2D eigenvalue weighted by molar-refractivity contribution is 7.13. The van der Waals surface area contributed by atoms with Crippen molar-refractivity contribution in [3.63, 3.8) is 0 Å². The maximum absolute atomic E-state index is 10.8. The molecule has 0 aliphatic heterocycles. The number of rotatable bonds is 6. The average molecular weight is 242 g/mol. The predicted octanol–water partition coefficient (Wildman–Crippen LogP) is 1.94. The largest absolute Gasteiger partial charge is 0.477 e. The van der Waals surface area contributed by atoms with Crippen LogP contribution in [0.3, 0.4) is 0 Å². The molecule has 16 heavy (non-hydrogen) atoms. The fourth-order valence-corrected chi connectivity index (χ4v) is 2.25. The molecule has 2 N–H and O–H groups in total. The van der Waals surface area contributed by atoms with Gasteiger partial charge in [-0.05, 0) is 19.4 Å². The molecule has 0 atom stereocenters. The first-order valence-corrected chi connectivity index (χ1v) is 6.22. The molecule has 0 spiro atoms. The predicted molar refractivity (Wildman–Crippen MR) is 65.2 cm³/mol. The zero-order valence-corrected chi connectivity index (χ0v) is 10.7. The Morgan fingerprint density at radius 3 is 2.75 bits per heavy atom. The Hall–Kier alpha value is -0.940. The first-order chi connectivity index (χ1) is 7.50. The minimum atomic E-state index is -0.878. The van der Waals surface area contributed by atoms with Gasteiger partial charge in [-0.25, -0.2) is 9.78 Å². The van der Waals surface area contributed by atoms with Crippen LogP contribution in [0, 0.1) is 12.8 Å². The van der Waals surface area contributed by atoms with Gasteiger partial charge in [0.15, 0.2) is 0 Å². The Bertz CT molecular complexity index is 361. The van der Waals surface area contributed by atoms with Crippen LogP contribution in [0.1, 0.15) is 34.2 Å². The molecule has 0 saturated carbocycles. The minimum Gasteiger partial charge on any atom is -0.477 e. The molecule has 90 valence electrons. The summed E-state index contributed by atoms with van der Waals surface area (Å²) in [6.45, 7) is 7.89. The van der Waals surface area contributed by atoms with Crippen LogP contribution in [0.4, 0.5) is 0 Å². The van der Waals surface area contributed by atoms with Crippen molar-refractivity contribution in [1.82, 2.24) is 10.3 Å². The highest BCUT2D eigenvalue weighted by Gasteiger charge is 2.13. The van der Waals surface area contributed by atoms with Crippen molar-refractivity contribution in [2.24, 2.45) is 5.92 Å². The number of carbonyl (C=O) groups is 1. The summed E-state index contributed by atoms with van der Waals surface area (Å²) < 4.78 is 0. The maximum atomic E-state index is 10.8. The molecule has 0 unspecified atom stereocenters. The molecule has 0 bridgehead atoms. The van der Waals surface area contributed by atoms with Crippen LogP contribution in [0.25, 0.3) is 0 Å². The SMILES string of the molecule is Cc1nc(CCNCC(C)C)sc1C(=O)O. The topological polar surface area (TPSA) is 62.2 Å². The van der Waals surface area contributed by atoms with Crippen molar-refractivity contribution in [3.8, 4) is 0 Å². The monoisotopic (exact) mass is 242 g/mol. The molecule has 0 aromatic carbocycles. The van der Waals surface area contributed by atoms with Crippen molar-refractivity contribution < 1.29 is 9.90 Å². The minimum absolute atomic E-state index is 0.360. The second-order valence-corrected chi connectivity index (χ2v) is 5.26. The number of hydrogen-bond donors (Lipinski definition) is 2. The lowest BCUT2D eigenvalue weighted by molar-refractivity contribution is 0.0701. The number of aryl methyl sites for hydroxylation is 1. The van der Waals surface area contributed by atoms with Crippen molar-refractivity contribution in [2.45, 2.75) is 27.2 Å². The number of carboxylic acid groups (broad SMARTS) is 1. The molecule has 1 aromatic rings. The molecule has 0 radical (unpaired) electrons. The van der Waals surface area contributed by atoms with Crippen molar-refractivity contribution in [2.75, 3.05) is 13.1 Å². The van der Waals surface area contributed by atoms with Crippen molar-refractivity contribution in [1.29, 1.82) is 0 Å². The second kappa shape index (κ2) is 5.96. The summed E-state index contributed by atoms with van der Waals surface area (Å²) in [5.74, 6) is -0.246. The van der Waals surface area contributed by atoms with Gasteiger partial charge in [0.25, 0.3) is 0 Å². The Balaban J connectivity index is 2.43. The average Bonchev–Trinajstić information content (AvgIpc) is 2.54. The second-order valence-electron chi connectivity index (χ2n) is 4.18. The molecule has 0 amide bonds. The quantitative estimate of drug-likeness (QED) is 0.748. The van der Waals surface area contributed by atoms with E-state index < -0.39 is 5.97 Å². The van der Waals surface area contributed by atoms with Crippen LogP contribution in [0.5, 0.6) is 0 Å². The van der Waals surface area contributed by atoms with E-state index in [2.05, 4.69) is 24.1 Å². The van der Waals surface area contributed by atoms with Crippen molar-refractivity contribution in [3.05, 3.63) is 15.6 Å². The van der Waals surface area contributed by atoms with Crippen molar-refractivity contribution >= 4 is 17.3 Å². The van der Waals surface area contributed by atoms with E-state index in [0.717, 1.165) is 24.5 Å². The lowest BCUT2D eigenvalue weighted by Crippen LogP contribution is -2.22. The Morgan fingerprint density at radius 1 is 1.56 bits per heavy atom. The van der Waals surface area contributed by atoms with Gasteiger partial charge in [0.1, 0.15) is 4.88 Å². The molecule has 0 saturated heterocycles. The standard InChI is InChI=1S/C11H18N2O2S/c1-7(2)6-12-5-4-9-13-8(3)10(16-9)11(14)15/h7,12H,4-6H2,1-3H3,(H,14,15). The van der Waals surface area contributed by atoms with E-state index in [4.69, 9.17) is 5.11 Å². The van der Waals surface area contributed by atoms with Gasteiger partial charge in [-0.2, -0.15) is 0 Å². The fraction of sp³-hybridized carbons (Fsp3) is 0.636. The smallest absolute Gasteiger partial charge is 0.347 e. The fourth-order valence-electron chi connectivity index (χ4n) is 1.34. The third-order valence-corrected chi connectivity index (χ3v) is 3.31. The molecule has 1 rings (SSSR count). The van der Waals surface area contributed by atoms with Gasteiger partial charge in [0.2, 0.25) is 0 Å². The normalized spacial score (nSPS) is 11.0. The first-order valence-electron chi connectivity index (χ1n) is 5.41. The van der Waals surface area contributed by atoms with Crippen LogP contribution in [0.15, 0.2) is 0 Å². The van der Waals surface area contributed by atoms with Gasteiger partial charge >= 0.3 is 5.97 Å². The lowest BCUT2D eigenvalue weighted by atomic mass is 10.2. The summed E-state index contributed by atoms with van der Waals surface area (Å²) in [4.78, 5) is 15.4. The van der Waals surface area contributed by atoms with Gasteiger partial charge in [0.05, 0.1) is 10.7 Å². The molecule has 0 aliphatic carbocycles. The summed E-state index contributed by atoms with van der Waals surface area (Å²) in [5, 5.41) is 13.1. The number of carboxylic acids is 1. The molecular weight excluding hydrogens is 224 g/mol. The molecule has 5 heteroatoms. The van der Waals surface area contributed by atoms with E-state index >= 15 is 0 Å². The number of nitrogens with zero attached hydrogens (tertiary/aromatic N) is 1. The Kier molecular flexibility index (Phi) is 4.89. The molecule has 0 fully saturated rings. The van der Waals surface area contributed by atoms with Crippen LogP contribution >= 0.6 is 11.3 Å². The summed E-state index contributed by atoms with van der Waals surface area (Å²) in [6.07, 6.45) is 0.797. The van der Waals surface area contributed by atoms with Gasteiger partial charge < -0.3 is 10.4 Å². The molecule has 1 heterocycles. The van der Waals surface area contributed by atoms with Crippen LogP contribution < -0.4 is 5.32 Å². The molecule has 4 nitrogen and oxygen atoms in total. The van der Waals surface area contributed by atoms with Crippen LogP contribution in [-0.2, 0) is 6.42 Å². The van der Waals surface area contributed by atoms with Gasteiger partial charge in [-0.3, -0.25) is 0 Å². The highest BCUT2D eigenvalue weighted by Crippen LogP contribution is 2.17. The number of hydrogen-bond acceptors (Lipinski definition) is 4. The van der Waals surface area contributed by atoms with E-state index in [-0.39, 0.29) is 0 Å². The first kappa shape index (κ1) is 13.1. The molecule has 1 aromatic heterocycles.